The first kappa shape index (κ1) is 17.0. The Kier molecular flexibility index (Phi) is 4.89. The first-order valence-electron chi connectivity index (χ1n) is 8.68. The van der Waals surface area contributed by atoms with Crippen molar-refractivity contribution >= 4 is 32.8 Å². The van der Waals surface area contributed by atoms with E-state index >= 15 is 0 Å². The predicted molar refractivity (Wildman–Crippen MR) is 104 cm³/mol. The summed E-state index contributed by atoms with van der Waals surface area (Å²) >= 11 is 3.41. The van der Waals surface area contributed by atoms with Gasteiger partial charge in [0.1, 0.15) is 19.0 Å². The molecule has 1 heterocycles. The Hall–Kier alpha value is -2.40. The van der Waals surface area contributed by atoms with Gasteiger partial charge in [-0.3, -0.25) is 4.98 Å². The van der Waals surface area contributed by atoms with E-state index in [1.165, 1.54) is 0 Å². The van der Waals surface area contributed by atoms with Crippen LogP contribution in [0.25, 0.3) is 10.9 Å². The van der Waals surface area contributed by atoms with Crippen molar-refractivity contribution in [2.75, 3.05) is 13.2 Å². The first-order chi connectivity index (χ1) is 12.7. The molecule has 0 aliphatic heterocycles. The molecular weight excluding hydrogens is 394 g/mol. The highest BCUT2D eigenvalue weighted by atomic mass is 79.9. The number of carbonyl (C=O) groups is 1. The molecule has 0 spiro atoms. The maximum atomic E-state index is 12.8. The van der Waals surface area contributed by atoms with Gasteiger partial charge < -0.3 is 9.47 Å². The van der Waals surface area contributed by atoms with Gasteiger partial charge in [0, 0.05) is 15.6 Å². The molecule has 3 aromatic rings. The van der Waals surface area contributed by atoms with E-state index < -0.39 is 0 Å². The molecular formula is C21H18BrNO3. The fourth-order valence-electron chi connectivity index (χ4n) is 3.37. The summed E-state index contributed by atoms with van der Waals surface area (Å²) in [6.07, 6.45) is 2.84. The van der Waals surface area contributed by atoms with Crippen LogP contribution >= 0.6 is 15.9 Å². The number of fused-ring (bicyclic) bond motifs is 2. The molecule has 26 heavy (non-hydrogen) atoms. The monoisotopic (exact) mass is 411 g/mol. The van der Waals surface area contributed by atoms with Gasteiger partial charge in [0.15, 0.2) is 0 Å². The number of nitrogens with zero attached hydrogens (tertiary/aromatic N) is 1. The van der Waals surface area contributed by atoms with E-state index in [1.807, 2.05) is 48.5 Å². The first-order valence-corrected chi connectivity index (χ1v) is 9.47. The SMILES string of the molecule is O=C(OCCOc1cccc(Br)c1)c1c2c(nc3ccccc13)CCC2. The van der Waals surface area contributed by atoms with Crippen molar-refractivity contribution in [2.24, 2.45) is 0 Å². The van der Waals surface area contributed by atoms with Gasteiger partial charge >= 0.3 is 5.97 Å². The molecule has 2 aromatic carbocycles. The molecule has 4 nitrogen and oxygen atoms in total. The maximum absolute atomic E-state index is 12.8. The van der Waals surface area contributed by atoms with Gasteiger partial charge in [0.25, 0.3) is 0 Å². The summed E-state index contributed by atoms with van der Waals surface area (Å²) in [4.78, 5) is 17.5. The molecule has 0 radical (unpaired) electrons. The lowest BCUT2D eigenvalue weighted by atomic mass is 10.0. The van der Waals surface area contributed by atoms with Crippen molar-refractivity contribution in [2.45, 2.75) is 19.3 Å². The van der Waals surface area contributed by atoms with E-state index in [9.17, 15) is 4.79 Å². The molecule has 0 N–H and O–H groups in total. The van der Waals surface area contributed by atoms with Gasteiger partial charge in [-0.25, -0.2) is 4.79 Å². The summed E-state index contributed by atoms with van der Waals surface area (Å²) in [7, 11) is 0. The van der Waals surface area contributed by atoms with Gasteiger partial charge in [-0.1, -0.05) is 40.2 Å². The van der Waals surface area contributed by atoms with E-state index in [0.717, 1.165) is 51.6 Å². The van der Waals surface area contributed by atoms with Gasteiger partial charge in [-0.05, 0) is 49.1 Å². The lowest BCUT2D eigenvalue weighted by Gasteiger charge is -2.12. The molecule has 0 unspecified atom stereocenters. The van der Waals surface area contributed by atoms with Crippen LogP contribution in [0.4, 0.5) is 0 Å². The number of hydrogen-bond donors (Lipinski definition) is 0. The predicted octanol–water partition coefficient (Wildman–Crippen LogP) is 4.72. The van der Waals surface area contributed by atoms with Crippen LogP contribution in [0, 0.1) is 0 Å². The van der Waals surface area contributed by atoms with Crippen LogP contribution in [0.5, 0.6) is 5.75 Å². The van der Waals surface area contributed by atoms with E-state index in [2.05, 4.69) is 15.9 Å². The molecule has 0 fully saturated rings. The van der Waals surface area contributed by atoms with Crippen molar-refractivity contribution in [3.8, 4) is 5.75 Å². The second kappa shape index (κ2) is 7.46. The number of benzene rings is 2. The second-order valence-electron chi connectivity index (χ2n) is 6.22. The average molecular weight is 412 g/mol. The summed E-state index contributed by atoms with van der Waals surface area (Å²) in [6.45, 7) is 0.518. The molecule has 0 atom stereocenters. The largest absolute Gasteiger partial charge is 0.490 e. The number of aryl methyl sites for hydroxylation is 1. The molecule has 1 aliphatic rings. The van der Waals surface area contributed by atoms with Crippen LogP contribution in [0.3, 0.4) is 0 Å². The van der Waals surface area contributed by atoms with Crippen LogP contribution in [-0.2, 0) is 17.6 Å². The standard InChI is InChI=1S/C21H18BrNO3/c22-14-5-3-6-15(13-14)25-11-12-26-21(24)20-16-7-1-2-9-18(16)23-19-10-4-8-17(19)20/h1-3,5-7,9,13H,4,8,10-12H2. The second-order valence-corrected chi connectivity index (χ2v) is 7.14. The minimum atomic E-state index is -0.292. The van der Waals surface area contributed by atoms with Crippen LogP contribution in [0.15, 0.2) is 53.0 Å². The third-order valence-electron chi connectivity index (χ3n) is 4.50. The molecule has 0 amide bonds. The van der Waals surface area contributed by atoms with Crippen LogP contribution in [0.1, 0.15) is 28.0 Å². The number of carbonyl (C=O) groups excluding carboxylic acids is 1. The Labute approximate surface area is 160 Å². The van der Waals surface area contributed by atoms with Crippen molar-refractivity contribution in [1.82, 2.24) is 4.98 Å². The topological polar surface area (TPSA) is 48.4 Å². The number of hydrogen-bond acceptors (Lipinski definition) is 4. The fourth-order valence-corrected chi connectivity index (χ4v) is 3.75. The van der Waals surface area contributed by atoms with Crippen molar-refractivity contribution in [3.05, 3.63) is 69.8 Å². The zero-order chi connectivity index (χ0) is 17.9. The number of esters is 1. The van der Waals surface area contributed by atoms with Gasteiger partial charge in [0.2, 0.25) is 0 Å². The average Bonchev–Trinajstić information content (AvgIpc) is 3.11. The van der Waals surface area contributed by atoms with E-state index in [4.69, 9.17) is 14.5 Å². The molecule has 1 aromatic heterocycles. The van der Waals surface area contributed by atoms with Gasteiger partial charge in [0.05, 0.1) is 11.1 Å². The summed E-state index contributed by atoms with van der Waals surface area (Å²) in [5, 5.41) is 0.867. The summed E-state index contributed by atoms with van der Waals surface area (Å²) < 4.78 is 12.1. The number of aromatic nitrogens is 1. The summed E-state index contributed by atoms with van der Waals surface area (Å²) in [6, 6.07) is 15.3. The lowest BCUT2D eigenvalue weighted by molar-refractivity contribution is 0.0451. The molecule has 5 heteroatoms. The van der Waals surface area contributed by atoms with Gasteiger partial charge in [-0.2, -0.15) is 0 Å². The Morgan fingerprint density at radius 2 is 1.96 bits per heavy atom. The number of para-hydroxylation sites is 1. The van der Waals surface area contributed by atoms with Crippen LogP contribution in [-0.4, -0.2) is 24.2 Å². The van der Waals surface area contributed by atoms with E-state index in [-0.39, 0.29) is 12.6 Å². The third kappa shape index (κ3) is 3.44. The van der Waals surface area contributed by atoms with Crippen LogP contribution < -0.4 is 4.74 Å². The normalized spacial score (nSPS) is 12.8. The molecule has 0 saturated carbocycles. The minimum absolute atomic E-state index is 0.205. The zero-order valence-corrected chi connectivity index (χ0v) is 15.8. The number of ether oxygens (including phenoxy) is 2. The molecule has 0 bridgehead atoms. The molecule has 0 saturated heterocycles. The highest BCUT2D eigenvalue weighted by Crippen LogP contribution is 2.30. The number of halogens is 1. The summed E-state index contributed by atoms with van der Waals surface area (Å²) in [5.74, 6) is 0.449. The Morgan fingerprint density at radius 3 is 2.85 bits per heavy atom. The highest BCUT2D eigenvalue weighted by molar-refractivity contribution is 9.10. The van der Waals surface area contributed by atoms with Crippen molar-refractivity contribution < 1.29 is 14.3 Å². The lowest BCUT2D eigenvalue weighted by Crippen LogP contribution is -2.15. The van der Waals surface area contributed by atoms with Crippen LogP contribution in [0.2, 0.25) is 0 Å². The van der Waals surface area contributed by atoms with Crippen molar-refractivity contribution in [3.63, 3.8) is 0 Å². The fraction of sp³-hybridized carbons (Fsp3) is 0.238. The zero-order valence-electron chi connectivity index (χ0n) is 14.2. The highest BCUT2D eigenvalue weighted by Gasteiger charge is 2.24. The van der Waals surface area contributed by atoms with E-state index in [0.29, 0.717) is 12.2 Å². The van der Waals surface area contributed by atoms with Crippen molar-refractivity contribution in [1.29, 1.82) is 0 Å². The third-order valence-corrected chi connectivity index (χ3v) is 5.00. The quantitative estimate of drug-likeness (QED) is 0.450. The number of rotatable bonds is 5. The number of pyridine rings is 1. The maximum Gasteiger partial charge on any atom is 0.339 e. The Morgan fingerprint density at radius 1 is 1.08 bits per heavy atom. The molecule has 132 valence electrons. The van der Waals surface area contributed by atoms with Gasteiger partial charge in [-0.15, -0.1) is 0 Å². The van der Waals surface area contributed by atoms with E-state index in [1.54, 1.807) is 0 Å². The minimum Gasteiger partial charge on any atom is -0.490 e. The Balaban J connectivity index is 1.48. The molecule has 1 aliphatic carbocycles. The Bertz CT molecular complexity index is 971. The smallest absolute Gasteiger partial charge is 0.339 e. The molecule has 4 rings (SSSR count). The summed E-state index contributed by atoms with van der Waals surface area (Å²) in [5.41, 5.74) is 3.60.